The largest absolute Gasteiger partial charge is 0.457 e. The Balaban J connectivity index is 1.82. The zero-order valence-corrected chi connectivity index (χ0v) is 21.0. The molecule has 0 saturated carbocycles. The quantitative estimate of drug-likeness (QED) is 0.262. The van der Waals surface area contributed by atoms with E-state index in [0.717, 1.165) is 7.05 Å². The van der Waals surface area contributed by atoms with Gasteiger partial charge < -0.3 is 4.74 Å². The molecule has 1 aromatic heterocycles. The fraction of sp³-hybridized carbons (Fsp3) is 0.227. The average Bonchev–Trinajstić information content (AvgIpc) is 2.85. The number of hydroxylamine groups is 1. The molecule has 0 aliphatic rings. The van der Waals surface area contributed by atoms with Gasteiger partial charge >= 0.3 is 11.9 Å². The van der Waals surface area contributed by atoms with E-state index in [-0.39, 0.29) is 16.8 Å². The number of sulfonamides is 1. The number of hydrogen-bond acceptors (Lipinski definition) is 7. The van der Waals surface area contributed by atoms with Gasteiger partial charge in [0.1, 0.15) is 23.1 Å². The zero-order valence-electron chi connectivity index (χ0n) is 19.4. The first-order chi connectivity index (χ1) is 17.7. The summed E-state index contributed by atoms with van der Waals surface area (Å²) in [5, 5.41) is 9.61. The number of nitrogens with one attached hydrogen (secondary N) is 2. The number of likely N-dealkylation sites (N-methyl/N-ethyl adjacent to an activating group) is 1. The molecule has 0 radical (unpaired) electrons. The number of H-pyrrole nitrogens is 1. The summed E-state index contributed by atoms with van der Waals surface area (Å²) in [6, 6.07) is 9.87. The lowest BCUT2D eigenvalue weighted by atomic mass is 10.2. The maximum atomic E-state index is 13.2. The number of hydrogen-bond donors (Lipinski definition) is 3. The fourth-order valence-corrected chi connectivity index (χ4v) is 4.82. The molecule has 0 aliphatic heterocycles. The van der Waals surface area contributed by atoms with E-state index in [2.05, 4.69) is 0 Å². The van der Waals surface area contributed by atoms with Crippen LogP contribution < -0.4 is 21.5 Å². The summed E-state index contributed by atoms with van der Waals surface area (Å²) in [7, 11) is -3.36. The maximum absolute atomic E-state index is 13.2. The van der Waals surface area contributed by atoms with Gasteiger partial charge in [-0.3, -0.25) is 24.3 Å². The molecule has 0 saturated heterocycles. The van der Waals surface area contributed by atoms with E-state index >= 15 is 0 Å². The van der Waals surface area contributed by atoms with Crippen molar-refractivity contribution in [2.75, 3.05) is 7.05 Å². The number of aromatic nitrogens is 2. The van der Waals surface area contributed by atoms with Crippen LogP contribution in [0.25, 0.3) is 0 Å². The van der Waals surface area contributed by atoms with Crippen molar-refractivity contribution in [2.24, 2.45) is 0 Å². The Labute approximate surface area is 218 Å². The Kier molecular flexibility index (Phi) is 8.66. The normalized spacial score (nSPS) is 12.8. The molecule has 3 aromatic rings. The molecule has 11 nitrogen and oxygen atoms in total. The third-order valence-electron chi connectivity index (χ3n) is 5.36. The molecule has 0 bridgehead atoms. The first-order valence-corrected chi connectivity index (χ1v) is 12.4. The molecule has 38 heavy (non-hydrogen) atoms. The molecule has 0 aliphatic carbocycles. The highest BCUT2D eigenvalue weighted by atomic mass is 35.5. The second-order valence-electron chi connectivity index (χ2n) is 7.82. The van der Waals surface area contributed by atoms with Gasteiger partial charge in [0.25, 0.3) is 11.5 Å². The van der Waals surface area contributed by atoms with Crippen LogP contribution in [0.15, 0.2) is 69.2 Å². The van der Waals surface area contributed by atoms with Crippen LogP contribution in [-0.4, -0.2) is 46.5 Å². The second-order valence-corrected chi connectivity index (χ2v) is 10.3. The van der Waals surface area contributed by atoms with E-state index in [1.54, 1.807) is 24.3 Å². The summed E-state index contributed by atoms with van der Waals surface area (Å²) in [6.07, 6.45) is -5.33. The van der Waals surface area contributed by atoms with Gasteiger partial charge in [0, 0.05) is 24.8 Å². The van der Waals surface area contributed by atoms with Crippen LogP contribution in [0.4, 0.5) is 13.2 Å². The van der Waals surface area contributed by atoms with E-state index in [0.29, 0.717) is 19.6 Å². The number of rotatable bonds is 9. The molecule has 3 N–H and O–H groups in total. The van der Waals surface area contributed by atoms with Crippen molar-refractivity contribution in [3.05, 3.63) is 86.2 Å². The van der Waals surface area contributed by atoms with Gasteiger partial charge in [0.05, 0.1) is 4.90 Å². The lowest BCUT2D eigenvalue weighted by molar-refractivity contribution is -0.139. The summed E-state index contributed by atoms with van der Waals surface area (Å²) in [4.78, 5) is 37.0. The molecule has 1 heterocycles. The molecule has 2 aromatic carbocycles. The van der Waals surface area contributed by atoms with Crippen molar-refractivity contribution in [1.29, 1.82) is 0 Å². The smallest absolute Gasteiger partial charge is 0.423 e. The predicted molar refractivity (Wildman–Crippen MR) is 128 cm³/mol. The lowest BCUT2D eigenvalue weighted by Gasteiger charge is -2.26. The second kappa shape index (κ2) is 11.4. The highest BCUT2D eigenvalue weighted by Gasteiger charge is 2.36. The number of carbonyl (C=O) groups excluding carboxylic acids is 1. The molecule has 1 amide bonds. The van der Waals surface area contributed by atoms with Crippen LogP contribution in [0, 0.1) is 0 Å². The Morgan fingerprint density at radius 3 is 2.21 bits per heavy atom. The summed E-state index contributed by atoms with van der Waals surface area (Å²) < 4.78 is 72.1. The standard InChI is InChI=1S/C22H20ClF3N4O7S/c1-29(38(35,36)16-8-6-15(7-9-16)37-14-4-2-13(23)3-5-14)18(20(32)28-34)10-11-30-12-17(22(24,25)26)19(31)27-21(30)33/h2-9,12,18,34H,10-11H2,1H3,(H,28,32)(H,27,31,33). The molecule has 16 heteroatoms. The maximum Gasteiger partial charge on any atom is 0.423 e. The minimum Gasteiger partial charge on any atom is -0.457 e. The van der Waals surface area contributed by atoms with Crippen LogP contribution >= 0.6 is 11.6 Å². The summed E-state index contributed by atoms with van der Waals surface area (Å²) in [6.45, 7) is -0.607. The number of alkyl halides is 3. The van der Waals surface area contributed by atoms with Crippen molar-refractivity contribution < 1.29 is 36.3 Å². The summed E-state index contributed by atoms with van der Waals surface area (Å²) in [5.41, 5.74) is -3.19. The van der Waals surface area contributed by atoms with Crippen molar-refractivity contribution in [2.45, 2.75) is 30.1 Å². The van der Waals surface area contributed by atoms with Gasteiger partial charge in [-0.15, -0.1) is 0 Å². The molecule has 204 valence electrons. The van der Waals surface area contributed by atoms with Crippen LogP contribution in [0.2, 0.25) is 5.02 Å². The number of nitrogens with zero attached hydrogens (tertiary/aromatic N) is 2. The minimum absolute atomic E-state index is 0.264. The van der Waals surface area contributed by atoms with E-state index in [9.17, 15) is 36.0 Å². The van der Waals surface area contributed by atoms with Crippen molar-refractivity contribution >= 4 is 27.5 Å². The Bertz CT molecular complexity index is 1520. The monoisotopic (exact) mass is 576 g/mol. The van der Waals surface area contributed by atoms with Crippen LogP contribution in [0.1, 0.15) is 12.0 Å². The van der Waals surface area contributed by atoms with Gasteiger partial charge in [0.2, 0.25) is 10.0 Å². The first kappa shape index (κ1) is 28.9. The van der Waals surface area contributed by atoms with Gasteiger partial charge in [0.15, 0.2) is 0 Å². The van der Waals surface area contributed by atoms with Crippen molar-refractivity contribution in [3.8, 4) is 11.5 Å². The molecular formula is C22H20ClF3N4O7S. The third-order valence-corrected chi connectivity index (χ3v) is 7.49. The summed E-state index contributed by atoms with van der Waals surface area (Å²) in [5.74, 6) is -0.475. The molecule has 3 rings (SSSR count). The van der Waals surface area contributed by atoms with E-state index in [4.69, 9.17) is 21.5 Å². The Morgan fingerprint density at radius 1 is 1.13 bits per heavy atom. The van der Waals surface area contributed by atoms with Crippen LogP contribution in [0.5, 0.6) is 11.5 Å². The fourth-order valence-electron chi connectivity index (χ4n) is 3.34. The molecule has 0 fully saturated rings. The number of benzene rings is 2. The van der Waals surface area contributed by atoms with Gasteiger partial charge in [-0.1, -0.05) is 11.6 Å². The SMILES string of the molecule is CN(C(CCn1cc(C(F)(F)F)c(=O)[nH]c1=O)C(=O)NO)S(=O)(=O)c1ccc(Oc2ccc(Cl)cc2)cc1. The minimum atomic E-state index is -5.06. The van der Waals surface area contributed by atoms with Gasteiger partial charge in [-0.25, -0.2) is 18.7 Å². The van der Waals surface area contributed by atoms with E-state index in [1.807, 2.05) is 0 Å². The topological polar surface area (TPSA) is 151 Å². The number of amides is 1. The first-order valence-electron chi connectivity index (χ1n) is 10.6. The highest BCUT2D eigenvalue weighted by Crippen LogP contribution is 2.27. The predicted octanol–water partition coefficient (Wildman–Crippen LogP) is 2.59. The van der Waals surface area contributed by atoms with Crippen molar-refractivity contribution in [3.63, 3.8) is 0 Å². The van der Waals surface area contributed by atoms with E-state index in [1.165, 1.54) is 34.7 Å². The summed E-state index contributed by atoms with van der Waals surface area (Å²) >= 11 is 5.82. The van der Waals surface area contributed by atoms with Gasteiger partial charge in [-0.2, -0.15) is 17.5 Å². The molecular weight excluding hydrogens is 557 g/mol. The number of aryl methyl sites for hydroxylation is 1. The van der Waals surface area contributed by atoms with Crippen LogP contribution in [0.3, 0.4) is 0 Å². The number of halogens is 4. The lowest BCUT2D eigenvalue weighted by Crippen LogP contribution is -2.47. The Morgan fingerprint density at radius 2 is 1.68 bits per heavy atom. The third kappa shape index (κ3) is 6.61. The van der Waals surface area contributed by atoms with Gasteiger partial charge in [-0.05, 0) is 55.0 Å². The van der Waals surface area contributed by atoms with Crippen molar-refractivity contribution in [1.82, 2.24) is 19.3 Å². The zero-order chi connectivity index (χ0) is 28.3. The number of carbonyl (C=O) groups is 1. The highest BCUT2D eigenvalue weighted by molar-refractivity contribution is 7.89. The Hall–Kier alpha value is -3.66. The molecule has 1 unspecified atom stereocenters. The number of ether oxygens (including phenoxy) is 1. The van der Waals surface area contributed by atoms with Crippen LogP contribution in [-0.2, 0) is 27.5 Å². The van der Waals surface area contributed by atoms with E-state index < -0.39 is 57.9 Å². The molecule has 0 spiro atoms. The average molecular weight is 577 g/mol. The molecule has 1 atom stereocenters. The number of aromatic amines is 1.